The molecule has 0 aromatic carbocycles. The highest BCUT2D eigenvalue weighted by atomic mass is 16.3. The van der Waals surface area contributed by atoms with Crippen LogP contribution in [-0.2, 0) is 0 Å². The van der Waals surface area contributed by atoms with E-state index in [9.17, 15) is 10.1 Å². The highest BCUT2D eigenvalue weighted by Gasteiger charge is 2.33. The summed E-state index contributed by atoms with van der Waals surface area (Å²) in [6.07, 6.45) is 8.45. The number of hydrogen-bond donors (Lipinski definition) is 1. The number of nitrogens with one attached hydrogen (secondary N) is 1. The molecule has 1 aliphatic rings. The van der Waals surface area contributed by atoms with E-state index in [4.69, 9.17) is 4.42 Å². The van der Waals surface area contributed by atoms with Crippen molar-refractivity contribution in [3.63, 3.8) is 0 Å². The number of aryl methyl sites for hydroxylation is 1. The van der Waals surface area contributed by atoms with Crippen molar-refractivity contribution in [2.45, 2.75) is 57.4 Å². The Kier molecular flexibility index (Phi) is 4.26. The van der Waals surface area contributed by atoms with Gasteiger partial charge < -0.3 is 9.73 Å². The van der Waals surface area contributed by atoms with E-state index in [2.05, 4.69) is 11.4 Å². The molecule has 1 fully saturated rings. The third kappa shape index (κ3) is 3.17. The highest BCUT2D eigenvalue weighted by molar-refractivity contribution is 5.93. The Labute approximate surface area is 113 Å². The van der Waals surface area contributed by atoms with E-state index >= 15 is 0 Å². The fourth-order valence-corrected chi connectivity index (χ4v) is 2.65. The number of carbonyl (C=O) groups is 1. The Morgan fingerprint density at radius 3 is 2.47 bits per heavy atom. The van der Waals surface area contributed by atoms with Crippen molar-refractivity contribution < 1.29 is 9.21 Å². The van der Waals surface area contributed by atoms with Crippen molar-refractivity contribution in [2.24, 2.45) is 0 Å². The van der Waals surface area contributed by atoms with Crippen LogP contribution >= 0.6 is 0 Å². The number of hydrogen-bond acceptors (Lipinski definition) is 3. The van der Waals surface area contributed by atoms with Gasteiger partial charge in [0.1, 0.15) is 5.54 Å². The lowest BCUT2D eigenvalue weighted by Gasteiger charge is -2.29. The predicted molar refractivity (Wildman–Crippen MR) is 71.6 cm³/mol. The first kappa shape index (κ1) is 13.7. The molecule has 1 N–H and O–H groups in total. The summed E-state index contributed by atoms with van der Waals surface area (Å²) in [5.41, 5.74) is 0.0768. The molecule has 1 heterocycles. The molecule has 0 saturated heterocycles. The van der Waals surface area contributed by atoms with Crippen LogP contribution in [0, 0.1) is 18.3 Å². The fraction of sp³-hybridized carbons (Fsp3) is 0.600. The highest BCUT2D eigenvalue weighted by Crippen LogP contribution is 2.26. The first-order valence-corrected chi connectivity index (χ1v) is 6.95. The molecule has 0 radical (unpaired) electrons. The summed E-state index contributed by atoms with van der Waals surface area (Å²) >= 11 is 0. The minimum Gasteiger partial charge on any atom is -0.459 e. The molecule has 0 aliphatic heterocycles. The topological polar surface area (TPSA) is 66.0 Å². The SMILES string of the molecule is Cc1ccoc1C(=O)NC1(C#N)CCCCCCC1. The van der Waals surface area contributed by atoms with Crippen LogP contribution in [-0.4, -0.2) is 11.4 Å². The minimum absolute atomic E-state index is 0.273. The van der Waals surface area contributed by atoms with Crippen molar-refractivity contribution >= 4 is 5.91 Å². The van der Waals surface area contributed by atoms with E-state index in [0.29, 0.717) is 5.76 Å². The molecule has 1 amide bonds. The van der Waals surface area contributed by atoms with Gasteiger partial charge in [0, 0.05) is 5.56 Å². The summed E-state index contributed by atoms with van der Waals surface area (Å²) in [5, 5.41) is 12.4. The smallest absolute Gasteiger partial charge is 0.288 e. The Morgan fingerprint density at radius 1 is 1.32 bits per heavy atom. The summed E-state index contributed by atoms with van der Waals surface area (Å²) in [4.78, 5) is 12.2. The summed E-state index contributed by atoms with van der Waals surface area (Å²) in [5.74, 6) is 0.0429. The number of furan rings is 1. The second kappa shape index (κ2) is 5.92. The van der Waals surface area contributed by atoms with Gasteiger partial charge in [-0.2, -0.15) is 5.26 Å². The maximum Gasteiger partial charge on any atom is 0.288 e. The Bertz CT molecular complexity index is 477. The van der Waals surface area contributed by atoms with E-state index in [1.54, 1.807) is 6.07 Å². The largest absolute Gasteiger partial charge is 0.459 e. The predicted octanol–water partition coefficient (Wildman–Crippen LogP) is 3.32. The molecule has 19 heavy (non-hydrogen) atoms. The summed E-state index contributed by atoms with van der Waals surface area (Å²) in [6.45, 7) is 1.83. The van der Waals surface area contributed by atoms with Crippen LogP contribution < -0.4 is 5.32 Å². The monoisotopic (exact) mass is 260 g/mol. The van der Waals surface area contributed by atoms with Crippen molar-refractivity contribution in [3.8, 4) is 6.07 Å². The van der Waals surface area contributed by atoms with Gasteiger partial charge in [0.05, 0.1) is 12.3 Å². The molecular formula is C15H20N2O2. The lowest BCUT2D eigenvalue weighted by Crippen LogP contribution is -2.47. The van der Waals surface area contributed by atoms with Crippen molar-refractivity contribution in [1.82, 2.24) is 5.32 Å². The molecule has 1 aromatic heterocycles. The fourth-order valence-electron chi connectivity index (χ4n) is 2.65. The quantitative estimate of drug-likeness (QED) is 0.887. The number of carbonyl (C=O) groups excluding carboxylic acids is 1. The normalized spacial score (nSPS) is 18.9. The van der Waals surface area contributed by atoms with Gasteiger partial charge in [0.25, 0.3) is 5.91 Å². The van der Waals surface area contributed by atoms with Gasteiger partial charge in [-0.15, -0.1) is 0 Å². The van der Waals surface area contributed by atoms with E-state index in [0.717, 1.165) is 44.1 Å². The second-order valence-electron chi connectivity index (χ2n) is 5.35. The van der Waals surface area contributed by atoms with E-state index < -0.39 is 5.54 Å². The van der Waals surface area contributed by atoms with Crippen LogP contribution in [0.5, 0.6) is 0 Å². The van der Waals surface area contributed by atoms with Crippen LogP contribution in [0.25, 0.3) is 0 Å². The van der Waals surface area contributed by atoms with Gasteiger partial charge in [-0.05, 0) is 25.8 Å². The van der Waals surface area contributed by atoms with Gasteiger partial charge in [-0.3, -0.25) is 4.79 Å². The van der Waals surface area contributed by atoms with Gasteiger partial charge in [-0.25, -0.2) is 0 Å². The molecule has 1 aromatic rings. The van der Waals surface area contributed by atoms with Gasteiger partial charge >= 0.3 is 0 Å². The lowest BCUT2D eigenvalue weighted by molar-refractivity contribution is 0.0878. The lowest BCUT2D eigenvalue weighted by atomic mass is 9.85. The van der Waals surface area contributed by atoms with Crippen LogP contribution in [0.15, 0.2) is 16.7 Å². The first-order chi connectivity index (χ1) is 9.17. The van der Waals surface area contributed by atoms with Crippen LogP contribution in [0.2, 0.25) is 0 Å². The second-order valence-corrected chi connectivity index (χ2v) is 5.35. The summed E-state index contributed by atoms with van der Waals surface area (Å²) in [7, 11) is 0. The Balaban J connectivity index is 2.11. The maximum atomic E-state index is 12.2. The molecule has 1 saturated carbocycles. The number of nitriles is 1. The average Bonchev–Trinajstić information content (AvgIpc) is 2.79. The van der Waals surface area contributed by atoms with Crippen LogP contribution in [0.1, 0.15) is 61.1 Å². The molecule has 4 nitrogen and oxygen atoms in total. The third-order valence-electron chi connectivity index (χ3n) is 3.84. The molecular weight excluding hydrogens is 240 g/mol. The van der Waals surface area contributed by atoms with Gasteiger partial charge in [0.15, 0.2) is 5.76 Å². The Hall–Kier alpha value is -1.76. The molecule has 0 spiro atoms. The molecule has 102 valence electrons. The standard InChI is InChI=1S/C15H20N2O2/c1-12-7-10-19-13(12)14(18)17-15(11-16)8-5-3-2-4-6-9-15/h7,10H,2-6,8-9H2,1H3,(H,17,18). The zero-order valence-electron chi connectivity index (χ0n) is 11.4. The zero-order chi connectivity index (χ0) is 13.7. The van der Waals surface area contributed by atoms with Gasteiger partial charge in [0.2, 0.25) is 0 Å². The molecule has 2 rings (SSSR count). The van der Waals surface area contributed by atoms with E-state index in [-0.39, 0.29) is 5.91 Å². The molecule has 0 bridgehead atoms. The Morgan fingerprint density at radius 2 is 1.95 bits per heavy atom. The molecule has 0 atom stereocenters. The first-order valence-electron chi connectivity index (χ1n) is 6.95. The number of amides is 1. The average molecular weight is 260 g/mol. The van der Waals surface area contributed by atoms with Crippen LogP contribution in [0.4, 0.5) is 0 Å². The number of rotatable bonds is 2. The minimum atomic E-state index is -0.725. The molecule has 0 unspecified atom stereocenters. The summed E-state index contributed by atoms with van der Waals surface area (Å²) < 4.78 is 5.19. The maximum absolute atomic E-state index is 12.2. The van der Waals surface area contributed by atoms with Crippen molar-refractivity contribution in [2.75, 3.05) is 0 Å². The van der Waals surface area contributed by atoms with E-state index in [1.165, 1.54) is 12.7 Å². The van der Waals surface area contributed by atoms with E-state index in [1.807, 2.05) is 6.92 Å². The molecule has 1 aliphatic carbocycles. The molecule has 4 heteroatoms. The van der Waals surface area contributed by atoms with Crippen molar-refractivity contribution in [3.05, 3.63) is 23.7 Å². The van der Waals surface area contributed by atoms with Gasteiger partial charge in [-0.1, -0.05) is 32.1 Å². The summed E-state index contributed by atoms with van der Waals surface area (Å²) in [6, 6.07) is 4.08. The third-order valence-corrected chi connectivity index (χ3v) is 3.84. The number of nitrogens with zero attached hydrogens (tertiary/aromatic N) is 1. The zero-order valence-corrected chi connectivity index (χ0v) is 11.4. The van der Waals surface area contributed by atoms with Crippen molar-refractivity contribution in [1.29, 1.82) is 5.26 Å². The van der Waals surface area contributed by atoms with Crippen LogP contribution in [0.3, 0.4) is 0 Å².